The number of benzene rings is 2. The normalized spacial score (nSPS) is 17.7. The predicted octanol–water partition coefficient (Wildman–Crippen LogP) is 3.37. The van der Waals surface area contributed by atoms with Gasteiger partial charge in [-0.25, -0.2) is 18.4 Å². The number of piperazine rings is 1. The minimum atomic E-state index is -4.77. The van der Waals surface area contributed by atoms with E-state index in [9.17, 15) is 40.8 Å². The van der Waals surface area contributed by atoms with E-state index in [2.05, 4.69) is 40.7 Å². The molecule has 3 N–H and O–H groups in total. The van der Waals surface area contributed by atoms with E-state index in [0.717, 1.165) is 26.7 Å². The second-order valence-electron chi connectivity index (χ2n) is 13.8. The van der Waals surface area contributed by atoms with Crippen LogP contribution in [0.5, 0.6) is 0 Å². The molecule has 4 amide bonds. The van der Waals surface area contributed by atoms with Gasteiger partial charge in [0.05, 0.1) is 17.4 Å². The van der Waals surface area contributed by atoms with E-state index in [1.54, 1.807) is 42.5 Å². The molecule has 1 atom stereocenters. The van der Waals surface area contributed by atoms with Crippen molar-refractivity contribution in [3.8, 4) is 0 Å². The Kier molecular flexibility index (Phi) is 10.6. The molecule has 0 bridgehead atoms. The van der Waals surface area contributed by atoms with Crippen molar-refractivity contribution in [2.75, 3.05) is 59.3 Å². The van der Waals surface area contributed by atoms with Crippen LogP contribution in [0.15, 0.2) is 67.0 Å². The smallest absolute Gasteiger partial charge is 0.369 e. The van der Waals surface area contributed by atoms with E-state index < -0.39 is 57.3 Å². The van der Waals surface area contributed by atoms with Crippen LogP contribution >= 0.6 is 0 Å². The summed E-state index contributed by atoms with van der Waals surface area (Å²) in [5.74, 6) is -2.71. The highest BCUT2D eigenvalue weighted by atomic mass is 32.2. The SMILES string of the molecule is CN(c1ncccc1CNc1nc(Nc2ccc(N3CCN(Cc4ccc5c(c4)C(=O)N(C4CCC(=O)NC4=O)C5=O)CC3)cc2)ncc1C(F)(F)F)S(C)(=O)=O. The first kappa shape index (κ1) is 39.1. The third-order valence-corrected chi connectivity index (χ3v) is 11.1. The van der Waals surface area contributed by atoms with E-state index in [4.69, 9.17) is 0 Å². The molecule has 3 aliphatic rings. The largest absolute Gasteiger partial charge is 0.421 e. The Labute approximate surface area is 325 Å². The van der Waals surface area contributed by atoms with E-state index in [1.807, 2.05) is 12.1 Å². The van der Waals surface area contributed by atoms with Crippen molar-refractivity contribution in [1.82, 2.24) is 30.1 Å². The highest BCUT2D eigenvalue weighted by Crippen LogP contribution is 2.35. The minimum Gasteiger partial charge on any atom is -0.369 e. The average molecular weight is 807 g/mol. The summed E-state index contributed by atoms with van der Waals surface area (Å²) in [5.41, 5.74) is 2.01. The molecule has 57 heavy (non-hydrogen) atoms. The molecule has 2 fully saturated rings. The number of carbonyl (C=O) groups excluding carboxylic acids is 4. The Morgan fingerprint density at radius 2 is 1.67 bits per heavy atom. The van der Waals surface area contributed by atoms with Crippen molar-refractivity contribution >= 4 is 62.6 Å². The van der Waals surface area contributed by atoms with Crippen molar-refractivity contribution in [2.45, 2.75) is 38.1 Å². The number of piperidine rings is 1. The van der Waals surface area contributed by atoms with Crippen LogP contribution in [0.3, 0.4) is 0 Å². The van der Waals surface area contributed by atoms with Gasteiger partial charge in [-0.1, -0.05) is 12.1 Å². The molecule has 0 radical (unpaired) electrons. The van der Waals surface area contributed by atoms with Crippen molar-refractivity contribution in [3.63, 3.8) is 0 Å². The fourth-order valence-electron chi connectivity index (χ4n) is 6.90. The van der Waals surface area contributed by atoms with Crippen LogP contribution < -0.4 is 25.2 Å². The lowest BCUT2D eigenvalue weighted by atomic mass is 10.0. The van der Waals surface area contributed by atoms with Crippen LogP contribution in [0.25, 0.3) is 0 Å². The Morgan fingerprint density at radius 1 is 0.947 bits per heavy atom. The van der Waals surface area contributed by atoms with Crippen molar-refractivity contribution in [1.29, 1.82) is 0 Å². The number of anilines is 5. The predicted molar refractivity (Wildman–Crippen MR) is 202 cm³/mol. The molecule has 3 aliphatic heterocycles. The number of rotatable bonds is 11. The highest BCUT2D eigenvalue weighted by molar-refractivity contribution is 7.92. The first-order valence-corrected chi connectivity index (χ1v) is 19.7. The maximum Gasteiger partial charge on any atom is 0.421 e. The molecular weight excluding hydrogens is 770 g/mol. The van der Waals surface area contributed by atoms with Crippen molar-refractivity contribution in [3.05, 3.63) is 94.8 Å². The summed E-state index contributed by atoms with van der Waals surface area (Å²) in [5, 5.41) is 7.82. The summed E-state index contributed by atoms with van der Waals surface area (Å²) in [6.45, 7) is 3.11. The molecule has 4 aromatic rings. The zero-order valence-electron chi connectivity index (χ0n) is 30.7. The molecule has 0 aliphatic carbocycles. The first-order chi connectivity index (χ1) is 27.1. The van der Waals surface area contributed by atoms with Crippen molar-refractivity contribution in [2.24, 2.45) is 0 Å². The fraction of sp³-hybridized carbons (Fsp3) is 0.324. The van der Waals surface area contributed by atoms with Crippen LogP contribution in [-0.4, -0.2) is 102 Å². The van der Waals surface area contributed by atoms with Crippen molar-refractivity contribution < 1.29 is 40.8 Å². The zero-order chi connectivity index (χ0) is 40.6. The highest BCUT2D eigenvalue weighted by Gasteiger charge is 2.44. The van der Waals surface area contributed by atoms with Gasteiger partial charge in [0.1, 0.15) is 23.2 Å². The van der Waals surface area contributed by atoms with Gasteiger partial charge in [-0.15, -0.1) is 0 Å². The third kappa shape index (κ3) is 8.36. The number of pyridine rings is 1. The Morgan fingerprint density at radius 3 is 2.35 bits per heavy atom. The van der Waals surface area contributed by atoms with Crippen LogP contribution in [0.1, 0.15) is 50.2 Å². The number of hydrogen-bond donors (Lipinski definition) is 3. The molecule has 7 rings (SSSR count). The maximum atomic E-state index is 13.9. The monoisotopic (exact) mass is 806 g/mol. The number of aromatic nitrogens is 3. The van der Waals surface area contributed by atoms with E-state index in [0.29, 0.717) is 50.2 Å². The fourth-order valence-corrected chi connectivity index (χ4v) is 7.37. The number of hydrogen-bond acceptors (Lipinski definition) is 13. The van der Waals surface area contributed by atoms with Gasteiger partial charge >= 0.3 is 6.18 Å². The van der Waals surface area contributed by atoms with Gasteiger partial charge in [0.25, 0.3) is 11.8 Å². The Bertz CT molecular complexity index is 2350. The first-order valence-electron chi connectivity index (χ1n) is 17.8. The quantitative estimate of drug-likeness (QED) is 0.187. The molecule has 5 heterocycles. The summed E-state index contributed by atoms with van der Waals surface area (Å²) < 4.78 is 66.9. The summed E-state index contributed by atoms with van der Waals surface area (Å²) in [6, 6.07) is 14.4. The number of nitrogens with zero attached hydrogens (tertiary/aromatic N) is 7. The van der Waals surface area contributed by atoms with Crippen LogP contribution in [-0.2, 0) is 38.9 Å². The minimum absolute atomic E-state index is 0.0476. The number of carbonyl (C=O) groups is 4. The van der Waals surface area contributed by atoms with E-state index in [-0.39, 0.29) is 42.3 Å². The summed E-state index contributed by atoms with van der Waals surface area (Å²) in [6.07, 6.45) is -1.58. The van der Waals surface area contributed by atoms with Gasteiger partial charge in [-0.2, -0.15) is 18.2 Å². The Balaban J connectivity index is 0.957. The number of halogens is 3. The van der Waals surface area contributed by atoms with Crippen LogP contribution in [0.4, 0.5) is 42.1 Å². The molecule has 298 valence electrons. The lowest BCUT2D eigenvalue weighted by molar-refractivity contribution is -0.138. The van der Waals surface area contributed by atoms with Gasteiger partial charge in [-0.3, -0.25) is 38.6 Å². The standard InChI is InChI=1S/C37H37F3N10O6S/c1-47(57(2,55)56)32-23(4-3-13-41-32)19-42-31-28(37(38,39)40)20-43-36(46-31)44-24-6-8-25(9-7-24)49-16-14-48(15-17-49)21-22-5-10-26-27(18-22)35(54)50(34(26)53)29-11-12-30(51)45-33(29)52/h3-10,13,18,20,29H,11-12,14-17,19,21H2,1-2H3,(H,45,51,52)(H2,42,43,44,46). The zero-order valence-corrected chi connectivity index (χ0v) is 31.5. The third-order valence-electron chi connectivity index (χ3n) is 9.97. The molecule has 0 spiro atoms. The van der Waals surface area contributed by atoms with Gasteiger partial charge in [0.2, 0.25) is 27.8 Å². The summed E-state index contributed by atoms with van der Waals surface area (Å²) in [4.78, 5) is 67.7. The van der Waals surface area contributed by atoms with Crippen LogP contribution in [0.2, 0.25) is 0 Å². The number of alkyl halides is 3. The molecule has 2 saturated heterocycles. The number of nitrogens with one attached hydrogen (secondary N) is 3. The number of fused-ring (bicyclic) bond motifs is 1. The lowest BCUT2D eigenvalue weighted by Crippen LogP contribution is -2.54. The van der Waals surface area contributed by atoms with Gasteiger partial charge < -0.3 is 15.5 Å². The summed E-state index contributed by atoms with van der Waals surface area (Å²) >= 11 is 0. The molecule has 16 nitrogen and oxygen atoms in total. The van der Waals surface area contributed by atoms with Gasteiger partial charge in [0.15, 0.2) is 0 Å². The second-order valence-corrected chi connectivity index (χ2v) is 15.8. The summed E-state index contributed by atoms with van der Waals surface area (Å²) in [7, 11) is -2.38. The van der Waals surface area contributed by atoms with E-state index >= 15 is 0 Å². The number of amides is 4. The Hall–Kier alpha value is -6.15. The van der Waals surface area contributed by atoms with E-state index in [1.165, 1.54) is 13.2 Å². The number of imide groups is 2. The van der Waals surface area contributed by atoms with Gasteiger partial charge in [0, 0.05) is 82.1 Å². The maximum absolute atomic E-state index is 13.9. The second kappa shape index (κ2) is 15.4. The molecule has 1 unspecified atom stereocenters. The molecule has 0 saturated carbocycles. The van der Waals surface area contributed by atoms with Crippen LogP contribution in [0, 0.1) is 0 Å². The number of sulfonamides is 1. The molecule has 20 heteroatoms. The molecule has 2 aromatic heterocycles. The molecular formula is C37H37F3N10O6S. The van der Waals surface area contributed by atoms with Gasteiger partial charge in [-0.05, 0) is 54.4 Å². The topological polar surface area (TPSA) is 190 Å². The average Bonchev–Trinajstić information content (AvgIpc) is 3.41. The molecule has 2 aromatic carbocycles. The lowest BCUT2D eigenvalue weighted by Gasteiger charge is -2.36.